The van der Waals surface area contributed by atoms with Crippen molar-refractivity contribution in [1.29, 1.82) is 0 Å². The number of aromatic amines is 1. The molecule has 0 radical (unpaired) electrons. The standard InChI is InChI=1S/C21H22FN3O2/c1-14-2-7-19-17(12-14)18(13-23-19)20(21(26)27)25-10-8-24(9-11-25)16-5-3-15(22)4-6-16/h2-7,12-13,20,23H,8-11H2,1H3,(H,26,27). The summed E-state index contributed by atoms with van der Waals surface area (Å²) in [4.78, 5) is 19.5. The van der Waals surface area contributed by atoms with Crippen LogP contribution in [0.3, 0.4) is 0 Å². The summed E-state index contributed by atoms with van der Waals surface area (Å²) >= 11 is 0. The lowest BCUT2D eigenvalue weighted by Crippen LogP contribution is -2.49. The second kappa shape index (κ2) is 7.04. The van der Waals surface area contributed by atoms with E-state index in [1.165, 1.54) is 12.1 Å². The number of fused-ring (bicyclic) bond motifs is 1. The number of carboxylic acids is 1. The van der Waals surface area contributed by atoms with Gasteiger partial charge in [-0.15, -0.1) is 0 Å². The number of aliphatic carboxylic acids is 1. The van der Waals surface area contributed by atoms with Gasteiger partial charge in [0.15, 0.2) is 0 Å². The summed E-state index contributed by atoms with van der Waals surface area (Å²) < 4.78 is 13.1. The number of carboxylic acid groups (broad SMARTS) is 1. The molecule has 0 saturated carbocycles. The van der Waals surface area contributed by atoms with Crippen LogP contribution in [0.1, 0.15) is 17.2 Å². The zero-order chi connectivity index (χ0) is 19.0. The number of nitrogens with one attached hydrogen (secondary N) is 1. The third kappa shape index (κ3) is 3.40. The van der Waals surface area contributed by atoms with Gasteiger partial charge in [0.05, 0.1) is 0 Å². The predicted molar refractivity (Wildman–Crippen MR) is 104 cm³/mol. The minimum absolute atomic E-state index is 0.252. The Labute approximate surface area is 157 Å². The van der Waals surface area contributed by atoms with E-state index in [0.29, 0.717) is 26.2 Å². The lowest BCUT2D eigenvalue weighted by atomic mass is 10.0. The second-order valence-electron chi connectivity index (χ2n) is 7.03. The van der Waals surface area contributed by atoms with E-state index in [9.17, 15) is 14.3 Å². The number of piperazine rings is 1. The predicted octanol–water partition coefficient (Wildman–Crippen LogP) is 3.56. The molecule has 1 unspecified atom stereocenters. The number of H-pyrrole nitrogens is 1. The lowest BCUT2D eigenvalue weighted by molar-refractivity contribution is -0.143. The van der Waals surface area contributed by atoms with Crippen molar-refractivity contribution in [1.82, 2.24) is 9.88 Å². The summed E-state index contributed by atoms with van der Waals surface area (Å²) in [6.45, 7) is 4.68. The first-order valence-corrected chi connectivity index (χ1v) is 9.08. The smallest absolute Gasteiger partial charge is 0.325 e. The molecule has 1 fully saturated rings. The van der Waals surface area contributed by atoms with E-state index in [1.54, 1.807) is 12.1 Å². The number of benzene rings is 2. The molecule has 140 valence electrons. The summed E-state index contributed by atoms with van der Waals surface area (Å²) in [5, 5.41) is 10.9. The Kier molecular flexibility index (Phi) is 4.58. The van der Waals surface area contributed by atoms with Crippen LogP contribution in [0.25, 0.3) is 10.9 Å². The van der Waals surface area contributed by atoms with Crippen molar-refractivity contribution < 1.29 is 14.3 Å². The molecule has 5 nitrogen and oxygen atoms in total. The molecule has 4 rings (SSSR count). The molecule has 1 aliphatic heterocycles. The zero-order valence-corrected chi connectivity index (χ0v) is 15.2. The Balaban J connectivity index is 1.56. The quantitative estimate of drug-likeness (QED) is 0.740. The molecule has 1 saturated heterocycles. The molecule has 0 spiro atoms. The first-order chi connectivity index (χ1) is 13.0. The second-order valence-corrected chi connectivity index (χ2v) is 7.03. The fourth-order valence-corrected chi connectivity index (χ4v) is 3.86. The number of rotatable bonds is 4. The van der Waals surface area contributed by atoms with Crippen LogP contribution < -0.4 is 4.90 Å². The van der Waals surface area contributed by atoms with E-state index in [-0.39, 0.29) is 5.82 Å². The Morgan fingerprint density at radius 3 is 2.48 bits per heavy atom. The molecule has 0 aliphatic carbocycles. The molecule has 2 N–H and O–H groups in total. The van der Waals surface area contributed by atoms with Gasteiger partial charge < -0.3 is 15.0 Å². The minimum atomic E-state index is -0.840. The summed E-state index contributed by atoms with van der Waals surface area (Å²) in [6.07, 6.45) is 1.81. The first-order valence-electron chi connectivity index (χ1n) is 9.08. The maximum absolute atomic E-state index is 13.1. The Bertz CT molecular complexity index is 959. The largest absolute Gasteiger partial charge is 0.480 e. The van der Waals surface area contributed by atoms with Crippen LogP contribution in [0, 0.1) is 12.7 Å². The monoisotopic (exact) mass is 367 g/mol. The fourth-order valence-electron chi connectivity index (χ4n) is 3.86. The van der Waals surface area contributed by atoms with Gasteiger partial charge in [-0.25, -0.2) is 4.39 Å². The molecule has 1 aromatic heterocycles. The third-order valence-corrected chi connectivity index (χ3v) is 5.27. The van der Waals surface area contributed by atoms with E-state index < -0.39 is 12.0 Å². The van der Waals surface area contributed by atoms with Gasteiger partial charge in [-0.1, -0.05) is 11.6 Å². The SMILES string of the molecule is Cc1ccc2[nH]cc(C(C(=O)O)N3CCN(c4ccc(F)cc4)CC3)c2c1. The summed E-state index contributed by atoms with van der Waals surface area (Å²) in [6, 6.07) is 11.8. The minimum Gasteiger partial charge on any atom is -0.480 e. The normalized spacial score (nSPS) is 16.6. The number of aryl methyl sites for hydroxylation is 1. The Morgan fingerprint density at radius 2 is 1.81 bits per heavy atom. The van der Waals surface area contributed by atoms with Crippen molar-refractivity contribution in [2.45, 2.75) is 13.0 Å². The summed E-state index contributed by atoms with van der Waals surface area (Å²) in [5.74, 6) is -1.09. The maximum Gasteiger partial charge on any atom is 0.325 e. The van der Waals surface area contributed by atoms with E-state index in [2.05, 4.69) is 9.88 Å². The molecule has 6 heteroatoms. The van der Waals surface area contributed by atoms with Crippen LogP contribution in [-0.4, -0.2) is 47.1 Å². The fraction of sp³-hybridized carbons (Fsp3) is 0.286. The maximum atomic E-state index is 13.1. The van der Waals surface area contributed by atoms with Crippen LogP contribution in [0.5, 0.6) is 0 Å². The highest BCUT2D eigenvalue weighted by Gasteiger charge is 2.32. The molecule has 3 aromatic rings. The number of nitrogens with zero attached hydrogens (tertiary/aromatic N) is 2. The number of hydrogen-bond acceptors (Lipinski definition) is 3. The number of aromatic nitrogens is 1. The van der Waals surface area contributed by atoms with Crippen LogP contribution >= 0.6 is 0 Å². The van der Waals surface area contributed by atoms with E-state index in [0.717, 1.165) is 27.7 Å². The highest BCUT2D eigenvalue weighted by atomic mass is 19.1. The van der Waals surface area contributed by atoms with Crippen molar-refractivity contribution in [3.63, 3.8) is 0 Å². The van der Waals surface area contributed by atoms with Gasteiger partial charge in [-0.05, 0) is 43.3 Å². The summed E-state index contributed by atoms with van der Waals surface area (Å²) in [5.41, 5.74) is 3.82. The molecule has 2 heterocycles. The van der Waals surface area contributed by atoms with Gasteiger partial charge in [-0.3, -0.25) is 9.69 Å². The van der Waals surface area contributed by atoms with Crippen LogP contribution in [-0.2, 0) is 4.79 Å². The molecule has 0 amide bonds. The van der Waals surface area contributed by atoms with E-state index in [4.69, 9.17) is 0 Å². The van der Waals surface area contributed by atoms with Gasteiger partial charge in [-0.2, -0.15) is 0 Å². The van der Waals surface area contributed by atoms with Crippen LogP contribution in [0.15, 0.2) is 48.7 Å². The average Bonchev–Trinajstić information content (AvgIpc) is 3.06. The van der Waals surface area contributed by atoms with Crippen molar-refractivity contribution >= 4 is 22.6 Å². The molecule has 0 bridgehead atoms. The van der Waals surface area contributed by atoms with Crippen molar-refractivity contribution in [2.75, 3.05) is 31.1 Å². The third-order valence-electron chi connectivity index (χ3n) is 5.27. The van der Waals surface area contributed by atoms with Crippen molar-refractivity contribution in [3.05, 3.63) is 65.6 Å². The zero-order valence-electron chi connectivity index (χ0n) is 15.2. The van der Waals surface area contributed by atoms with Crippen LogP contribution in [0.4, 0.5) is 10.1 Å². The van der Waals surface area contributed by atoms with Crippen LogP contribution in [0.2, 0.25) is 0 Å². The number of hydrogen-bond donors (Lipinski definition) is 2. The highest BCUT2D eigenvalue weighted by Crippen LogP contribution is 2.30. The molecule has 2 aromatic carbocycles. The Hall–Kier alpha value is -2.86. The van der Waals surface area contributed by atoms with Gasteiger partial charge in [0.1, 0.15) is 11.9 Å². The van der Waals surface area contributed by atoms with E-state index >= 15 is 0 Å². The van der Waals surface area contributed by atoms with Gasteiger partial charge in [0.2, 0.25) is 0 Å². The topological polar surface area (TPSA) is 59.6 Å². The average molecular weight is 367 g/mol. The molecule has 1 atom stereocenters. The van der Waals surface area contributed by atoms with Crippen molar-refractivity contribution in [3.8, 4) is 0 Å². The number of halogens is 1. The Morgan fingerprint density at radius 1 is 1.11 bits per heavy atom. The molecular weight excluding hydrogens is 345 g/mol. The summed E-state index contributed by atoms with van der Waals surface area (Å²) in [7, 11) is 0. The van der Waals surface area contributed by atoms with Gasteiger partial charge in [0, 0.05) is 54.5 Å². The number of carbonyl (C=O) groups is 1. The first kappa shape index (κ1) is 17.5. The highest BCUT2D eigenvalue weighted by molar-refractivity contribution is 5.89. The molecular formula is C21H22FN3O2. The van der Waals surface area contributed by atoms with Gasteiger partial charge >= 0.3 is 5.97 Å². The number of anilines is 1. The molecule has 27 heavy (non-hydrogen) atoms. The van der Waals surface area contributed by atoms with Crippen molar-refractivity contribution in [2.24, 2.45) is 0 Å². The van der Waals surface area contributed by atoms with Gasteiger partial charge in [0.25, 0.3) is 0 Å². The van der Waals surface area contributed by atoms with E-state index in [1.807, 2.05) is 36.2 Å². The lowest BCUT2D eigenvalue weighted by Gasteiger charge is -2.38. The molecule has 1 aliphatic rings.